The average Bonchev–Trinajstić information content (AvgIpc) is 3.15. The van der Waals surface area contributed by atoms with Crippen molar-refractivity contribution in [3.63, 3.8) is 0 Å². The van der Waals surface area contributed by atoms with Crippen LogP contribution in [0.2, 0.25) is 0 Å². The summed E-state index contributed by atoms with van der Waals surface area (Å²) in [6.07, 6.45) is 3.00. The van der Waals surface area contributed by atoms with E-state index in [0.717, 1.165) is 17.4 Å². The predicted molar refractivity (Wildman–Crippen MR) is 102 cm³/mol. The lowest BCUT2D eigenvalue weighted by Crippen LogP contribution is -2.30. The monoisotopic (exact) mass is 346 g/mol. The van der Waals surface area contributed by atoms with E-state index in [4.69, 9.17) is 0 Å². The van der Waals surface area contributed by atoms with Crippen LogP contribution in [-0.2, 0) is 24.4 Å². The number of aryl methyl sites for hydroxylation is 1. The molecule has 0 radical (unpaired) electrons. The van der Waals surface area contributed by atoms with Crippen molar-refractivity contribution < 1.29 is 9.59 Å². The van der Waals surface area contributed by atoms with E-state index in [9.17, 15) is 9.59 Å². The summed E-state index contributed by atoms with van der Waals surface area (Å²) in [4.78, 5) is 25.8. The zero-order valence-electron chi connectivity index (χ0n) is 14.6. The number of aldehydes is 1. The third-order valence-corrected chi connectivity index (χ3v) is 4.34. The van der Waals surface area contributed by atoms with E-state index in [1.54, 1.807) is 6.07 Å². The van der Waals surface area contributed by atoms with Crippen molar-refractivity contribution in [2.24, 2.45) is 0 Å². The van der Waals surface area contributed by atoms with Gasteiger partial charge >= 0.3 is 0 Å². The van der Waals surface area contributed by atoms with E-state index in [-0.39, 0.29) is 5.91 Å². The Morgan fingerprint density at radius 2 is 1.42 bits per heavy atom. The van der Waals surface area contributed by atoms with Crippen molar-refractivity contribution in [2.45, 2.75) is 26.1 Å². The molecule has 26 heavy (non-hydrogen) atoms. The Kier molecular flexibility index (Phi) is 5.99. The molecule has 0 atom stereocenters. The lowest BCUT2D eigenvalue weighted by molar-refractivity contribution is -0.132. The molecular weight excluding hydrogens is 324 g/mol. The summed E-state index contributed by atoms with van der Waals surface area (Å²) in [5.41, 5.74) is 2.80. The van der Waals surface area contributed by atoms with Gasteiger partial charge in [-0.2, -0.15) is 0 Å². The lowest BCUT2D eigenvalue weighted by Gasteiger charge is -2.23. The van der Waals surface area contributed by atoms with Crippen molar-refractivity contribution in [3.8, 4) is 0 Å². The first-order valence-corrected chi connectivity index (χ1v) is 8.72. The van der Waals surface area contributed by atoms with Crippen molar-refractivity contribution in [1.29, 1.82) is 0 Å². The minimum absolute atomic E-state index is 0.0725. The molecule has 0 fully saturated rings. The summed E-state index contributed by atoms with van der Waals surface area (Å²) in [6, 6.07) is 23.6. The van der Waals surface area contributed by atoms with E-state index in [0.29, 0.717) is 31.7 Å². The van der Waals surface area contributed by atoms with Gasteiger partial charge < -0.3 is 9.47 Å². The van der Waals surface area contributed by atoms with Gasteiger partial charge in [0.05, 0.1) is 5.69 Å². The van der Waals surface area contributed by atoms with E-state index < -0.39 is 0 Å². The summed E-state index contributed by atoms with van der Waals surface area (Å²) >= 11 is 0. The van der Waals surface area contributed by atoms with Crippen LogP contribution in [0.1, 0.15) is 28.0 Å². The highest BCUT2D eigenvalue weighted by Gasteiger charge is 2.15. The molecule has 0 spiro atoms. The van der Waals surface area contributed by atoms with Crippen LogP contribution in [0.25, 0.3) is 0 Å². The Morgan fingerprint density at radius 1 is 0.846 bits per heavy atom. The first-order chi connectivity index (χ1) is 12.8. The molecule has 0 N–H and O–H groups in total. The van der Waals surface area contributed by atoms with Gasteiger partial charge in [-0.05, 0) is 23.3 Å². The molecule has 0 aliphatic carbocycles. The Balaban J connectivity index is 1.71. The molecule has 4 nitrogen and oxygen atoms in total. The molecule has 132 valence electrons. The molecule has 0 bridgehead atoms. The molecule has 1 amide bonds. The van der Waals surface area contributed by atoms with E-state index in [1.807, 2.05) is 82.4 Å². The lowest BCUT2D eigenvalue weighted by atomic mass is 10.1. The zero-order valence-corrected chi connectivity index (χ0v) is 14.6. The minimum atomic E-state index is 0.0725. The number of benzene rings is 2. The molecule has 0 saturated heterocycles. The fourth-order valence-electron chi connectivity index (χ4n) is 2.95. The third kappa shape index (κ3) is 4.70. The Bertz CT molecular complexity index is 799. The number of aromatic nitrogens is 1. The van der Waals surface area contributed by atoms with Crippen LogP contribution < -0.4 is 0 Å². The van der Waals surface area contributed by atoms with Gasteiger partial charge in [0.25, 0.3) is 0 Å². The van der Waals surface area contributed by atoms with Crippen LogP contribution >= 0.6 is 0 Å². The van der Waals surface area contributed by atoms with E-state index >= 15 is 0 Å². The standard InChI is InChI=1S/C22H22N2O2/c25-18-21-12-7-14-23(21)15-13-22(26)24(16-19-8-3-1-4-9-19)17-20-10-5-2-6-11-20/h1-12,14,18H,13,15-17H2. The quantitative estimate of drug-likeness (QED) is 0.580. The highest BCUT2D eigenvalue weighted by atomic mass is 16.2. The summed E-state index contributed by atoms with van der Waals surface area (Å²) in [7, 11) is 0. The summed E-state index contributed by atoms with van der Waals surface area (Å²) < 4.78 is 1.81. The van der Waals surface area contributed by atoms with Crippen LogP contribution in [0.4, 0.5) is 0 Å². The Labute approximate surface area is 153 Å². The van der Waals surface area contributed by atoms with Crippen molar-refractivity contribution in [2.75, 3.05) is 0 Å². The zero-order chi connectivity index (χ0) is 18.2. The summed E-state index contributed by atoms with van der Waals surface area (Å²) in [5, 5.41) is 0. The number of rotatable bonds is 8. The molecule has 0 aliphatic rings. The van der Waals surface area contributed by atoms with Crippen molar-refractivity contribution in [1.82, 2.24) is 9.47 Å². The van der Waals surface area contributed by atoms with Crippen LogP contribution in [0.5, 0.6) is 0 Å². The highest BCUT2D eigenvalue weighted by molar-refractivity contribution is 5.76. The predicted octanol–water partition coefficient (Wildman–Crippen LogP) is 3.92. The molecule has 3 rings (SSSR count). The number of hydrogen-bond acceptors (Lipinski definition) is 2. The topological polar surface area (TPSA) is 42.3 Å². The largest absolute Gasteiger partial charge is 0.345 e. The maximum absolute atomic E-state index is 12.9. The fraction of sp³-hybridized carbons (Fsp3) is 0.182. The highest BCUT2D eigenvalue weighted by Crippen LogP contribution is 2.12. The SMILES string of the molecule is O=Cc1cccn1CCC(=O)N(Cc1ccccc1)Cc1ccccc1. The van der Waals surface area contributed by atoms with Gasteiger partial charge in [-0.1, -0.05) is 60.7 Å². The van der Waals surface area contributed by atoms with Crippen LogP contribution in [0.3, 0.4) is 0 Å². The van der Waals surface area contributed by atoms with Crippen LogP contribution in [0, 0.1) is 0 Å². The fourth-order valence-corrected chi connectivity index (χ4v) is 2.95. The number of carbonyl (C=O) groups excluding carboxylic acids is 2. The minimum Gasteiger partial charge on any atom is -0.345 e. The average molecular weight is 346 g/mol. The van der Waals surface area contributed by atoms with Gasteiger partial charge in [0.1, 0.15) is 0 Å². The molecule has 0 aliphatic heterocycles. The van der Waals surface area contributed by atoms with Gasteiger partial charge in [0, 0.05) is 32.3 Å². The molecule has 4 heteroatoms. The molecule has 1 heterocycles. The molecule has 3 aromatic rings. The summed E-state index contributed by atoms with van der Waals surface area (Å²) in [6.45, 7) is 1.64. The molecule has 1 aromatic heterocycles. The molecule has 0 unspecified atom stereocenters. The second-order valence-electron chi connectivity index (χ2n) is 6.22. The Hall–Kier alpha value is -3.14. The van der Waals surface area contributed by atoms with Crippen molar-refractivity contribution >= 4 is 12.2 Å². The maximum atomic E-state index is 12.9. The van der Waals surface area contributed by atoms with Crippen LogP contribution in [-0.4, -0.2) is 21.7 Å². The Morgan fingerprint density at radius 3 is 1.96 bits per heavy atom. The normalized spacial score (nSPS) is 10.5. The van der Waals surface area contributed by atoms with Gasteiger partial charge in [-0.25, -0.2) is 0 Å². The first kappa shape index (κ1) is 17.7. The van der Waals surface area contributed by atoms with E-state index in [1.165, 1.54) is 0 Å². The second-order valence-corrected chi connectivity index (χ2v) is 6.22. The van der Waals surface area contributed by atoms with E-state index in [2.05, 4.69) is 0 Å². The molecule has 2 aromatic carbocycles. The number of carbonyl (C=O) groups is 2. The smallest absolute Gasteiger partial charge is 0.224 e. The number of amides is 1. The number of nitrogens with zero attached hydrogens (tertiary/aromatic N) is 2. The molecule has 0 saturated carbocycles. The van der Waals surface area contributed by atoms with Gasteiger partial charge in [-0.15, -0.1) is 0 Å². The van der Waals surface area contributed by atoms with Crippen molar-refractivity contribution in [3.05, 3.63) is 95.8 Å². The second kappa shape index (κ2) is 8.81. The summed E-state index contributed by atoms with van der Waals surface area (Å²) in [5.74, 6) is 0.0725. The third-order valence-electron chi connectivity index (χ3n) is 4.34. The molecular formula is C22H22N2O2. The van der Waals surface area contributed by atoms with Gasteiger partial charge in [0.2, 0.25) is 5.91 Å². The number of hydrogen-bond donors (Lipinski definition) is 0. The van der Waals surface area contributed by atoms with Crippen LogP contribution in [0.15, 0.2) is 79.0 Å². The van der Waals surface area contributed by atoms with Gasteiger partial charge in [-0.3, -0.25) is 9.59 Å². The van der Waals surface area contributed by atoms with Gasteiger partial charge in [0.15, 0.2) is 6.29 Å². The maximum Gasteiger partial charge on any atom is 0.224 e. The first-order valence-electron chi connectivity index (χ1n) is 8.72.